The van der Waals surface area contributed by atoms with E-state index >= 15 is 0 Å². The summed E-state index contributed by atoms with van der Waals surface area (Å²) in [4.78, 5) is 12.5. The van der Waals surface area contributed by atoms with Crippen molar-refractivity contribution in [2.75, 3.05) is 39.5 Å². The van der Waals surface area contributed by atoms with Crippen molar-refractivity contribution in [1.82, 2.24) is 4.90 Å². The molecule has 0 aliphatic carbocycles. The molecule has 0 spiro atoms. The van der Waals surface area contributed by atoms with Gasteiger partial charge in [-0.15, -0.1) is 0 Å². The molecule has 1 aliphatic heterocycles. The van der Waals surface area contributed by atoms with E-state index in [4.69, 9.17) is 4.74 Å². The van der Waals surface area contributed by atoms with Gasteiger partial charge in [-0.05, 0) is 0 Å². The van der Waals surface area contributed by atoms with E-state index in [2.05, 4.69) is 4.74 Å². The molecule has 1 rings (SSSR count). The van der Waals surface area contributed by atoms with E-state index in [9.17, 15) is 39.9 Å². The minimum absolute atomic E-state index is 0.123. The van der Waals surface area contributed by atoms with E-state index in [1.54, 1.807) is 4.90 Å². The Morgan fingerprint density at radius 2 is 1.61 bits per heavy atom. The van der Waals surface area contributed by atoms with Crippen LogP contribution in [0.25, 0.3) is 0 Å². The molecule has 12 heteroatoms. The number of ether oxygens (including phenoxy) is 2. The molecular weight excluding hydrogens is 346 g/mol. The highest BCUT2D eigenvalue weighted by Gasteiger charge is 2.79. The average Bonchev–Trinajstić information content (AvgIpc) is 2.47. The summed E-state index contributed by atoms with van der Waals surface area (Å²) in [6.45, 7) is 0.472. The molecule has 0 aromatic heterocycles. The summed E-state index contributed by atoms with van der Waals surface area (Å²) in [6.07, 6.45) is -5.08. The molecule has 0 bridgehead atoms. The van der Waals surface area contributed by atoms with E-state index in [0.29, 0.717) is 26.3 Å². The van der Waals surface area contributed by atoms with Crippen LogP contribution in [0.15, 0.2) is 0 Å². The Hall–Kier alpha value is -1.17. The normalized spacial score (nSPS) is 18.3. The predicted octanol–water partition coefficient (Wildman–Crippen LogP) is 2.03. The van der Waals surface area contributed by atoms with Crippen LogP contribution in [0.3, 0.4) is 0 Å². The summed E-state index contributed by atoms with van der Waals surface area (Å²) >= 11 is 0. The van der Waals surface area contributed by atoms with Gasteiger partial charge in [0.2, 0.25) is 0 Å². The smallest absolute Gasteiger partial charge is 0.410 e. The van der Waals surface area contributed by atoms with Crippen molar-refractivity contribution in [3.63, 3.8) is 0 Å². The van der Waals surface area contributed by atoms with Crippen molar-refractivity contribution in [3.05, 3.63) is 0 Å². The van der Waals surface area contributed by atoms with Gasteiger partial charge in [-0.2, -0.15) is 26.3 Å². The fourth-order valence-corrected chi connectivity index (χ4v) is 1.66. The summed E-state index contributed by atoms with van der Waals surface area (Å²) in [7, 11) is 0. The van der Waals surface area contributed by atoms with Gasteiger partial charge in [0.05, 0.1) is 13.2 Å². The highest BCUT2D eigenvalue weighted by atomic mass is 19.4. The number of rotatable bonds is 7. The lowest BCUT2D eigenvalue weighted by Crippen LogP contribution is -2.61. The van der Waals surface area contributed by atoms with Gasteiger partial charge < -0.3 is 9.47 Å². The van der Waals surface area contributed by atoms with Crippen LogP contribution >= 0.6 is 0 Å². The van der Waals surface area contributed by atoms with Gasteiger partial charge >= 0.3 is 30.2 Å². The van der Waals surface area contributed by atoms with Crippen LogP contribution in [0.4, 0.5) is 35.1 Å². The first kappa shape index (κ1) is 19.9. The van der Waals surface area contributed by atoms with Crippen molar-refractivity contribution in [1.29, 1.82) is 0 Å². The first-order chi connectivity index (χ1) is 10.4. The lowest BCUT2D eigenvalue weighted by atomic mass is 10.1. The van der Waals surface area contributed by atoms with E-state index in [1.165, 1.54) is 0 Å². The molecule has 0 atom stereocenters. The number of alkyl halides is 8. The molecule has 1 aliphatic rings. The standard InChI is InChI=1S/C11H13F8NO3/c12-7(13)9(14,15)11(18,19)10(16,17)8(21)23-6-3-20-1-4-22-5-2-20/h7H,1-6H2. The van der Waals surface area contributed by atoms with Crippen molar-refractivity contribution in [2.24, 2.45) is 0 Å². The topological polar surface area (TPSA) is 38.8 Å². The second kappa shape index (κ2) is 7.16. The Balaban J connectivity index is 2.64. The quantitative estimate of drug-likeness (QED) is 0.515. The highest BCUT2D eigenvalue weighted by Crippen LogP contribution is 2.48. The Kier molecular flexibility index (Phi) is 6.18. The summed E-state index contributed by atoms with van der Waals surface area (Å²) < 4.78 is 110. The van der Waals surface area contributed by atoms with Gasteiger partial charge in [0.1, 0.15) is 6.61 Å². The number of esters is 1. The third kappa shape index (κ3) is 4.03. The lowest BCUT2D eigenvalue weighted by Gasteiger charge is -2.31. The van der Waals surface area contributed by atoms with Gasteiger partial charge in [-0.1, -0.05) is 0 Å². The number of carbonyl (C=O) groups is 1. The Labute approximate surface area is 125 Å². The van der Waals surface area contributed by atoms with Crippen molar-refractivity contribution < 1.29 is 49.4 Å². The maximum Gasteiger partial charge on any atom is 0.410 e. The second-order valence-electron chi connectivity index (χ2n) is 4.66. The van der Waals surface area contributed by atoms with Gasteiger partial charge in [-0.3, -0.25) is 4.90 Å². The van der Waals surface area contributed by atoms with Crippen molar-refractivity contribution >= 4 is 5.97 Å². The zero-order valence-electron chi connectivity index (χ0n) is 11.5. The number of hydrogen-bond acceptors (Lipinski definition) is 4. The molecule has 4 nitrogen and oxygen atoms in total. The van der Waals surface area contributed by atoms with Gasteiger partial charge in [0.15, 0.2) is 0 Å². The van der Waals surface area contributed by atoms with Crippen LogP contribution in [0.5, 0.6) is 0 Å². The lowest BCUT2D eigenvalue weighted by molar-refractivity contribution is -0.332. The molecule has 1 saturated heterocycles. The SMILES string of the molecule is O=C(OCCN1CCOCC1)C(F)(F)C(F)(F)C(F)(F)C(F)F. The maximum atomic E-state index is 13.1. The largest absolute Gasteiger partial charge is 0.460 e. The van der Waals surface area contributed by atoms with Crippen LogP contribution in [0.1, 0.15) is 0 Å². The van der Waals surface area contributed by atoms with E-state index < -0.39 is 36.8 Å². The van der Waals surface area contributed by atoms with Crippen LogP contribution < -0.4 is 0 Å². The first-order valence-electron chi connectivity index (χ1n) is 6.33. The van der Waals surface area contributed by atoms with E-state index in [-0.39, 0.29) is 6.54 Å². The van der Waals surface area contributed by atoms with E-state index in [1.807, 2.05) is 0 Å². The maximum absolute atomic E-state index is 13.1. The molecule has 0 aromatic rings. The number of halogens is 8. The van der Waals surface area contributed by atoms with Gasteiger partial charge in [0.25, 0.3) is 0 Å². The monoisotopic (exact) mass is 359 g/mol. The first-order valence-corrected chi connectivity index (χ1v) is 6.33. The van der Waals surface area contributed by atoms with Crippen LogP contribution in [0, 0.1) is 0 Å². The molecule has 0 N–H and O–H groups in total. The molecule has 0 aromatic carbocycles. The molecule has 0 unspecified atom stereocenters. The fourth-order valence-electron chi connectivity index (χ4n) is 1.66. The Bertz CT molecular complexity index is 412. The second-order valence-corrected chi connectivity index (χ2v) is 4.66. The van der Waals surface area contributed by atoms with Gasteiger partial charge in [0, 0.05) is 19.6 Å². The predicted molar refractivity (Wildman–Crippen MR) is 59.1 cm³/mol. The number of hydrogen-bond donors (Lipinski definition) is 0. The minimum Gasteiger partial charge on any atom is -0.460 e. The number of morpholine rings is 1. The van der Waals surface area contributed by atoms with Crippen molar-refractivity contribution in [2.45, 2.75) is 24.2 Å². The van der Waals surface area contributed by atoms with E-state index in [0.717, 1.165) is 0 Å². The molecule has 0 amide bonds. The zero-order chi connectivity index (χ0) is 17.9. The van der Waals surface area contributed by atoms with Crippen LogP contribution in [-0.2, 0) is 14.3 Å². The molecular formula is C11H13F8NO3. The molecule has 0 radical (unpaired) electrons. The number of nitrogens with zero attached hydrogens (tertiary/aromatic N) is 1. The fraction of sp³-hybridized carbons (Fsp3) is 0.909. The average molecular weight is 359 g/mol. The van der Waals surface area contributed by atoms with Crippen LogP contribution in [0.2, 0.25) is 0 Å². The molecule has 136 valence electrons. The molecule has 0 saturated carbocycles. The highest BCUT2D eigenvalue weighted by molar-refractivity contribution is 5.79. The minimum atomic E-state index is -6.59. The summed E-state index contributed by atoms with van der Waals surface area (Å²) in [5, 5.41) is 0. The van der Waals surface area contributed by atoms with Crippen molar-refractivity contribution in [3.8, 4) is 0 Å². The summed E-state index contributed by atoms with van der Waals surface area (Å²) in [6, 6.07) is 0. The molecule has 1 fully saturated rings. The third-order valence-corrected chi connectivity index (χ3v) is 3.09. The van der Waals surface area contributed by atoms with Crippen LogP contribution in [-0.4, -0.2) is 74.5 Å². The van der Waals surface area contributed by atoms with Gasteiger partial charge in [-0.25, -0.2) is 13.6 Å². The molecule has 23 heavy (non-hydrogen) atoms. The third-order valence-electron chi connectivity index (χ3n) is 3.09. The summed E-state index contributed by atoms with van der Waals surface area (Å²) in [5.74, 6) is -22.1. The number of carbonyl (C=O) groups excluding carboxylic acids is 1. The Morgan fingerprint density at radius 1 is 1.09 bits per heavy atom. The molecule has 1 heterocycles. The summed E-state index contributed by atoms with van der Waals surface area (Å²) in [5.41, 5.74) is 0. The Morgan fingerprint density at radius 3 is 2.09 bits per heavy atom. The zero-order valence-corrected chi connectivity index (χ0v) is 11.5.